The maximum atomic E-state index is 2.32. The molecule has 0 saturated heterocycles. The van der Waals surface area contributed by atoms with Crippen LogP contribution < -0.4 is 4.57 Å². The summed E-state index contributed by atoms with van der Waals surface area (Å²) in [7, 11) is 2.17. The van der Waals surface area contributed by atoms with Crippen molar-refractivity contribution >= 4 is 0 Å². The van der Waals surface area contributed by atoms with Gasteiger partial charge in [-0.05, 0) is 63.1 Å². The average Bonchev–Trinajstić information content (AvgIpc) is 2.97. The van der Waals surface area contributed by atoms with Gasteiger partial charge in [-0.1, -0.05) is 115 Å². The van der Waals surface area contributed by atoms with E-state index < -0.39 is 0 Å². The molecular weight excluding hydrogens is 458 g/mol. The van der Waals surface area contributed by atoms with Crippen LogP contribution in [0.4, 0.5) is 0 Å². The van der Waals surface area contributed by atoms with Gasteiger partial charge in [0.1, 0.15) is 7.05 Å². The summed E-state index contributed by atoms with van der Waals surface area (Å²) in [6.45, 7) is 2.24. The van der Waals surface area contributed by atoms with Crippen LogP contribution >= 0.6 is 0 Å². The van der Waals surface area contributed by atoms with Crippen molar-refractivity contribution in [3.63, 3.8) is 0 Å². The van der Waals surface area contributed by atoms with Gasteiger partial charge in [-0.3, -0.25) is 0 Å². The second-order valence-corrected chi connectivity index (χ2v) is 10.1. The molecule has 0 unspecified atom stereocenters. The number of nitrogens with zero attached hydrogens (tertiary/aromatic N) is 1. The summed E-state index contributed by atoms with van der Waals surface area (Å²) in [5.74, 6) is 0. The standard InChI is InChI=1S/C37H28N/c1-25-20-22-34-32-18-9-8-16-30(32)28-14-6-7-15-29(28)31-17-10-11-19-33(31)37(34)36(25)35-23-21-27(24-38(35)2)26-12-4-3-5-13-26/h3-24H,1-2H3/q+1. The Labute approximate surface area is 224 Å². The van der Waals surface area contributed by atoms with Crippen LogP contribution in [0.25, 0.3) is 66.9 Å². The van der Waals surface area contributed by atoms with Crippen LogP contribution in [0.2, 0.25) is 0 Å². The zero-order chi connectivity index (χ0) is 25.6. The Morgan fingerprint density at radius 2 is 0.895 bits per heavy atom. The topological polar surface area (TPSA) is 3.88 Å². The molecule has 0 fully saturated rings. The molecule has 180 valence electrons. The number of fused-ring (bicyclic) bond motifs is 8. The highest BCUT2D eigenvalue weighted by atomic mass is 14.9. The molecule has 0 aliphatic heterocycles. The van der Waals surface area contributed by atoms with E-state index in [4.69, 9.17) is 0 Å². The molecule has 1 aromatic heterocycles. The SMILES string of the molecule is Cc1ccc2c(c1-c1ccc(-c3ccccc3)c[n+]1C)-c1ccccc1-c1ccccc1-c1ccccc1-2. The molecule has 1 nitrogen and oxygen atoms in total. The lowest BCUT2D eigenvalue weighted by molar-refractivity contribution is -0.659. The van der Waals surface area contributed by atoms with Crippen LogP contribution in [0.3, 0.4) is 0 Å². The molecule has 38 heavy (non-hydrogen) atoms. The number of pyridine rings is 1. The molecule has 1 aliphatic rings. The molecule has 0 radical (unpaired) electrons. The van der Waals surface area contributed by atoms with Crippen molar-refractivity contribution in [1.29, 1.82) is 0 Å². The summed E-state index contributed by atoms with van der Waals surface area (Å²) < 4.78 is 2.28. The summed E-state index contributed by atoms with van der Waals surface area (Å²) in [6.07, 6.45) is 2.25. The quantitative estimate of drug-likeness (QED) is 0.215. The lowest BCUT2D eigenvalue weighted by Gasteiger charge is -2.25. The molecule has 0 atom stereocenters. The summed E-state index contributed by atoms with van der Waals surface area (Å²) >= 11 is 0. The van der Waals surface area contributed by atoms with Crippen molar-refractivity contribution in [2.45, 2.75) is 6.92 Å². The largest absolute Gasteiger partial charge is 0.213 e. The third kappa shape index (κ3) is 3.51. The van der Waals surface area contributed by atoms with Gasteiger partial charge in [0, 0.05) is 17.2 Å². The lowest BCUT2D eigenvalue weighted by atomic mass is 9.78. The van der Waals surface area contributed by atoms with Crippen LogP contribution in [0.1, 0.15) is 5.56 Å². The number of aromatic nitrogens is 1. The molecule has 7 rings (SSSR count). The van der Waals surface area contributed by atoms with E-state index in [2.05, 4.69) is 152 Å². The van der Waals surface area contributed by atoms with Gasteiger partial charge in [-0.25, -0.2) is 4.57 Å². The van der Waals surface area contributed by atoms with E-state index in [0.717, 1.165) is 0 Å². The van der Waals surface area contributed by atoms with E-state index in [0.29, 0.717) is 0 Å². The predicted octanol–water partition coefficient (Wildman–Crippen LogP) is 9.13. The van der Waals surface area contributed by atoms with E-state index >= 15 is 0 Å². The molecule has 1 aliphatic carbocycles. The van der Waals surface area contributed by atoms with E-state index in [9.17, 15) is 0 Å². The van der Waals surface area contributed by atoms with Gasteiger partial charge in [-0.2, -0.15) is 0 Å². The number of benzene rings is 5. The number of hydrogen-bond donors (Lipinski definition) is 0. The first kappa shape index (κ1) is 22.4. The number of rotatable bonds is 2. The second-order valence-electron chi connectivity index (χ2n) is 10.1. The number of hydrogen-bond acceptors (Lipinski definition) is 0. The highest BCUT2D eigenvalue weighted by Gasteiger charge is 2.27. The monoisotopic (exact) mass is 486 g/mol. The third-order valence-corrected chi connectivity index (χ3v) is 7.83. The summed E-state index contributed by atoms with van der Waals surface area (Å²) in [5.41, 5.74) is 16.4. The van der Waals surface area contributed by atoms with Crippen LogP contribution in [-0.4, -0.2) is 0 Å². The van der Waals surface area contributed by atoms with Crippen LogP contribution in [0, 0.1) is 6.92 Å². The van der Waals surface area contributed by atoms with Crippen LogP contribution in [-0.2, 0) is 7.05 Å². The zero-order valence-electron chi connectivity index (χ0n) is 21.6. The van der Waals surface area contributed by atoms with Crippen molar-refractivity contribution in [2.24, 2.45) is 7.05 Å². The van der Waals surface area contributed by atoms with Gasteiger partial charge in [0.25, 0.3) is 0 Å². The smallest absolute Gasteiger partial charge is 0.200 e. The lowest BCUT2D eigenvalue weighted by Crippen LogP contribution is -2.31. The van der Waals surface area contributed by atoms with Crippen molar-refractivity contribution in [3.8, 4) is 66.9 Å². The molecule has 0 N–H and O–H groups in total. The van der Waals surface area contributed by atoms with Gasteiger partial charge < -0.3 is 0 Å². The Hall–Kier alpha value is -4.75. The Balaban J connectivity index is 1.57. The van der Waals surface area contributed by atoms with Crippen molar-refractivity contribution in [1.82, 2.24) is 0 Å². The Bertz CT molecular complexity index is 1820. The first-order chi connectivity index (χ1) is 18.7. The fourth-order valence-electron chi connectivity index (χ4n) is 6.05. The minimum Gasteiger partial charge on any atom is -0.200 e. The Morgan fingerprint density at radius 3 is 1.47 bits per heavy atom. The molecule has 6 aromatic rings. The van der Waals surface area contributed by atoms with Gasteiger partial charge in [0.15, 0.2) is 6.20 Å². The summed E-state index contributed by atoms with van der Waals surface area (Å²) in [5, 5.41) is 0. The van der Waals surface area contributed by atoms with E-state index in [1.54, 1.807) is 0 Å². The molecule has 0 saturated carbocycles. The molecule has 1 heterocycles. The minimum absolute atomic E-state index is 1.21. The van der Waals surface area contributed by atoms with E-state index in [-0.39, 0.29) is 0 Å². The van der Waals surface area contributed by atoms with Crippen molar-refractivity contribution < 1.29 is 4.57 Å². The van der Waals surface area contributed by atoms with Gasteiger partial charge >= 0.3 is 0 Å². The molecule has 0 bridgehead atoms. The molecule has 5 aromatic carbocycles. The van der Waals surface area contributed by atoms with Gasteiger partial charge in [-0.15, -0.1) is 0 Å². The zero-order valence-corrected chi connectivity index (χ0v) is 21.6. The van der Waals surface area contributed by atoms with Crippen molar-refractivity contribution in [2.75, 3.05) is 0 Å². The average molecular weight is 487 g/mol. The summed E-state index contributed by atoms with van der Waals surface area (Å²) in [4.78, 5) is 0. The highest BCUT2D eigenvalue weighted by molar-refractivity contribution is 6.07. The first-order valence-corrected chi connectivity index (χ1v) is 13.2. The summed E-state index contributed by atoms with van der Waals surface area (Å²) in [6, 6.07) is 46.3. The first-order valence-electron chi connectivity index (χ1n) is 13.2. The van der Waals surface area contributed by atoms with E-state index in [1.807, 2.05) is 0 Å². The molecule has 0 spiro atoms. The van der Waals surface area contributed by atoms with E-state index in [1.165, 1.54) is 72.5 Å². The predicted molar refractivity (Wildman–Crippen MR) is 159 cm³/mol. The molecular formula is C37H28N+. The Kier molecular flexibility index (Phi) is 5.30. The van der Waals surface area contributed by atoms with Crippen LogP contribution in [0.5, 0.6) is 0 Å². The molecule has 1 heteroatoms. The number of aryl methyl sites for hydroxylation is 2. The van der Waals surface area contributed by atoms with Gasteiger partial charge in [0.05, 0.1) is 5.56 Å². The maximum absolute atomic E-state index is 2.32. The second kappa shape index (κ2) is 8.97. The normalized spacial score (nSPS) is 11.4. The maximum Gasteiger partial charge on any atom is 0.213 e. The van der Waals surface area contributed by atoms with Crippen LogP contribution in [0.15, 0.2) is 134 Å². The molecule has 0 amide bonds. The fourth-order valence-corrected chi connectivity index (χ4v) is 6.05. The van der Waals surface area contributed by atoms with Gasteiger partial charge in [0.2, 0.25) is 5.69 Å². The highest BCUT2D eigenvalue weighted by Crippen LogP contribution is 2.50. The minimum atomic E-state index is 1.21. The van der Waals surface area contributed by atoms with Crippen molar-refractivity contribution in [3.05, 3.63) is 139 Å². The third-order valence-electron chi connectivity index (χ3n) is 7.83. The Morgan fingerprint density at radius 1 is 0.395 bits per heavy atom. The fraction of sp³-hybridized carbons (Fsp3) is 0.0541.